The van der Waals surface area contributed by atoms with Gasteiger partial charge in [0.15, 0.2) is 5.78 Å². The fraction of sp³-hybridized carbons (Fsp3) is 0.222. The van der Waals surface area contributed by atoms with E-state index in [1.165, 1.54) is 0 Å². The van der Waals surface area contributed by atoms with Crippen molar-refractivity contribution in [3.8, 4) is 0 Å². The van der Waals surface area contributed by atoms with Crippen LogP contribution in [0.5, 0.6) is 0 Å². The van der Waals surface area contributed by atoms with E-state index in [4.69, 9.17) is 0 Å². The monoisotopic (exact) mass is 256 g/mol. The lowest BCUT2D eigenvalue weighted by Gasteiger charge is -2.28. The number of carbonyl (C=O) groups is 1. The third-order valence-corrected chi connectivity index (χ3v) is 4.20. The molecule has 1 aromatic carbocycles. The maximum atomic E-state index is 11.8. The lowest BCUT2D eigenvalue weighted by molar-refractivity contribution is -0.384. The summed E-state index contributed by atoms with van der Waals surface area (Å²) in [4.78, 5) is 20.5. The predicted octanol–water partition coefficient (Wildman–Crippen LogP) is 0.168. The number of carbonyl (C=O) groups excluding carboxylic acids is 1. The third kappa shape index (κ3) is 2.04. The Morgan fingerprint density at radius 2 is 1.71 bits per heavy atom. The molecule has 8 heteroatoms. The summed E-state index contributed by atoms with van der Waals surface area (Å²) in [6.07, 6.45) is 0. The van der Waals surface area contributed by atoms with E-state index in [9.17, 15) is 23.3 Å². The second-order valence-corrected chi connectivity index (χ2v) is 5.50. The minimum atomic E-state index is -3.69. The molecule has 0 saturated carbocycles. The number of rotatable bonds is 3. The molecule has 90 valence electrons. The van der Waals surface area contributed by atoms with Crippen molar-refractivity contribution in [3.05, 3.63) is 34.4 Å². The summed E-state index contributed by atoms with van der Waals surface area (Å²) in [5.41, 5.74) is -0.177. The smallest absolute Gasteiger partial charge is 0.269 e. The first-order valence-corrected chi connectivity index (χ1v) is 6.11. The van der Waals surface area contributed by atoms with Crippen molar-refractivity contribution in [2.24, 2.45) is 0 Å². The van der Waals surface area contributed by atoms with Crippen molar-refractivity contribution in [1.29, 1.82) is 0 Å². The molecular formula is C9H8N2O5S. The van der Waals surface area contributed by atoms with Crippen LogP contribution in [0.2, 0.25) is 0 Å². The van der Waals surface area contributed by atoms with Gasteiger partial charge < -0.3 is 0 Å². The fourth-order valence-electron chi connectivity index (χ4n) is 1.41. The van der Waals surface area contributed by atoms with Gasteiger partial charge in [-0.05, 0) is 12.1 Å². The molecule has 0 aromatic heterocycles. The predicted molar refractivity (Wildman–Crippen MR) is 56.9 cm³/mol. The lowest BCUT2D eigenvalue weighted by atomic mass is 10.3. The molecule has 0 aliphatic carbocycles. The molecule has 1 aliphatic rings. The Morgan fingerprint density at radius 1 is 1.18 bits per heavy atom. The summed E-state index contributed by atoms with van der Waals surface area (Å²) in [7, 11) is -3.69. The van der Waals surface area contributed by atoms with E-state index in [2.05, 4.69) is 0 Å². The lowest BCUT2D eigenvalue weighted by Crippen LogP contribution is -2.50. The Balaban J connectivity index is 2.28. The topological polar surface area (TPSA) is 97.6 Å². The summed E-state index contributed by atoms with van der Waals surface area (Å²) in [6, 6.07) is 4.56. The number of hydrogen-bond donors (Lipinski definition) is 0. The molecule has 1 aliphatic heterocycles. The minimum Gasteiger partial charge on any atom is -0.297 e. The molecule has 1 aromatic rings. The van der Waals surface area contributed by atoms with Crippen LogP contribution in [0.3, 0.4) is 0 Å². The molecule has 0 amide bonds. The zero-order chi connectivity index (χ0) is 12.6. The van der Waals surface area contributed by atoms with Crippen LogP contribution in [0.1, 0.15) is 0 Å². The zero-order valence-electron chi connectivity index (χ0n) is 8.57. The number of Topliss-reactive ketones (excluding diaryl/α,β-unsaturated/α-hetero) is 1. The van der Waals surface area contributed by atoms with Crippen LogP contribution in [0, 0.1) is 10.1 Å². The Kier molecular flexibility index (Phi) is 2.68. The number of nitrogens with zero attached hydrogens (tertiary/aromatic N) is 2. The van der Waals surface area contributed by atoms with Crippen LogP contribution >= 0.6 is 0 Å². The van der Waals surface area contributed by atoms with Crippen molar-refractivity contribution in [2.45, 2.75) is 4.90 Å². The van der Waals surface area contributed by atoms with Crippen LogP contribution in [-0.2, 0) is 14.8 Å². The molecule has 0 atom stereocenters. The second kappa shape index (κ2) is 3.90. The van der Waals surface area contributed by atoms with E-state index in [-0.39, 0.29) is 29.5 Å². The van der Waals surface area contributed by atoms with E-state index in [1.54, 1.807) is 0 Å². The fourth-order valence-corrected chi connectivity index (χ4v) is 2.81. The number of ketones is 1. The van der Waals surface area contributed by atoms with Crippen molar-refractivity contribution in [1.82, 2.24) is 4.31 Å². The maximum Gasteiger partial charge on any atom is 0.269 e. The SMILES string of the molecule is O=C1CN(S(=O)(=O)c2ccc([N+](=O)[O-])cc2)C1. The summed E-state index contributed by atoms with van der Waals surface area (Å²) in [5.74, 6) is -0.143. The van der Waals surface area contributed by atoms with Gasteiger partial charge in [0.2, 0.25) is 10.0 Å². The number of nitro groups is 1. The average Bonchev–Trinajstić information content (AvgIpc) is 2.25. The van der Waals surface area contributed by atoms with Crippen molar-refractivity contribution < 1.29 is 18.1 Å². The summed E-state index contributed by atoms with van der Waals surface area (Å²) >= 11 is 0. The van der Waals surface area contributed by atoms with Gasteiger partial charge >= 0.3 is 0 Å². The number of nitro benzene ring substituents is 1. The van der Waals surface area contributed by atoms with E-state index >= 15 is 0 Å². The Labute approximate surface area is 96.9 Å². The van der Waals surface area contributed by atoms with Crippen molar-refractivity contribution >= 4 is 21.5 Å². The van der Waals surface area contributed by atoms with E-state index < -0.39 is 14.9 Å². The largest absolute Gasteiger partial charge is 0.297 e. The molecule has 2 rings (SSSR count). The summed E-state index contributed by atoms with van der Waals surface area (Å²) in [5, 5.41) is 10.4. The van der Waals surface area contributed by atoms with Gasteiger partial charge in [-0.3, -0.25) is 14.9 Å². The van der Waals surface area contributed by atoms with Crippen LogP contribution in [-0.4, -0.2) is 36.5 Å². The number of hydrogen-bond acceptors (Lipinski definition) is 5. The first-order valence-electron chi connectivity index (χ1n) is 4.67. The molecule has 1 saturated heterocycles. The van der Waals surface area contributed by atoms with Gasteiger partial charge in [0, 0.05) is 12.1 Å². The standard InChI is InChI=1S/C9H8N2O5S/c12-8-5-10(6-8)17(15,16)9-3-1-7(2-4-9)11(13)14/h1-4H,5-6H2. The van der Waals surface area contributed by atoms with Crippen molar-refractivity contribution in [3.63, 3.8) is 0 Å². The summed E-state index contributed by atoms with van der Waals surface area (Å²) in [6.45, 7) is -0.251. The van der Waals surface area contributed by atoms with E-state index in [0.29, 0.717) is 0 Å². The molecule has 0 unspecified atom stereocenters. The molecule has 0 N–H and O–H groups in total. The molecular weight excluding hydrogens is 248 g/mol. The van der Waals surface area contributed by atoms with Crippen LogP contribution in [0.4, 0.5) is 5.69 Å². The van der Waals surface area contributed by atoms with Crippen LogP contribution in [0.15, 0.2) is 29.2 Å². The quantitative estimate of drug-likeness (QED) is 0.567. The van der Waals surface area contributed by atoms with Crippen LogP contribution in [0.25, 0.3) is 0 Å². The molecule has 0 radical (unpaired) electrons. The van der Waals surface area contributed by atoms with E-state index in [0.717, 1.165) is 28.6 Å². The number of benzene rings is 1. The number of sulfonamides is 1. The minimum absolute atomic E-state index is 0.0457. The first-order chi connectivity index (χ1) is 7.91. The highest BCUT2D eigenvalue weighted by Crippen LogP contribution is 2.21. The summed E-state index contributed by atoms with van der Waals surface area (Å²) < 4.78 is 24.7. The normalized spacial score (nSPS) is 16.6. The van der Waals surface area contributed by atoms with Gasteiger partial charge in [0.25, 0.3) is 5.69 Å². The Hall–Kier alpha value is -1.80. The second-order valence-electron chi connectivity index (χ2n) is 3.56. The van der Waals surface area contributed by atoms with Crippen molar-refractivity contribution in [2.75, 3.05) is 13.1 Å². The molecule has 0 spiro atoms. The molecule has 1 heterocycles. The van der Waals surface area contributed by atoms with Gasteiger partial charge in [0.05, 0.1) is 22.9 Å². The number of non-ortho nitro benzene ring substituents is 1. The molecule has 0 bridgehead atoms. The highest BCUT2D eigenvalue weighted by atomic mass is 32.2. The van der Waals surface area contributed by atoms with Gasteiger partial charge in [-0.25, -0.2) is 8.42 Å². The average molecular weight is 256 g/mol. The highest BCUT2D eigenvalue weighted by molar-refractivity contribution is 7.89. The highest BCUT2D eigenvalue weighted by Gasteiger charge is 2.35. The Bertz CT molecular complexity index is 570. The molecule has 7 nitrogen and oxygen atoms in total. The Morgan fingerprint density at radius 3 is 2.12 bits per heavy atom. The molecule has 1 fully saturated rings. The van der Waals surface area contributed by atoms with Gasteiger partial charge in [-0.2, -0.15) is 4.31 Å². The maximum absolute atomic E-state index is 11.8. The first kappa shape index (κ1) is 11.7. The van der Waals surface area contributed by atoms with E-state index in [1.807, 2.05) is 0 Å². The van der Waals surface area contributed by atoms with Crippen LogP contribution < -0.4 is 0 Å². The zero-order valence-corrected chi connectivity index (χ0v) is 9.38. The third-order valence-electron chi connectivity index (χ3n) is 2.39. The van der Waals surface area contributed by atoms with Gasteiger partial charge in [0.1, 0.15) is 0 Å². The molecule has 17 heavy (non-hydrogen) atoms. The van der Waals surface area contributed by atoms with Gasteiger partial charge in [-0.1, -0.05) is 0 Å². The van der Waals surface area contributed by atoms with Gasteiger partial charge in [-0.15, -0.1) is 0 Å².